The summed E-state index contributed by atoms with van der Waals surface area (Å²) in [6.07, 6.45) is 5.20. The number of aromatic nitrogens is 1. The molecule has 1 aromatic rings. The summed E-state index contributed by atoms with van der Waals surface area (Å²) in [6.45, 7) is 13.3. The van der Waals surface area contributed by atoms with Gasteiger partial charge in [-0.3, -0.25) is 4.98 Å². The van der Waals surface area contributed by atoms with Crippen molar-refractivity contribution < 1.29 is 0 Å². The highest BCUT2D eigenvalue weighted by molar-refractivity contribution is 5.54. The largest absolute Gasteiger partial charge is 0.368 e. The van der Waals surface area contributed by atoms with Crippen molar-refractivity contribution in [3.63, 3.8) is 0 Å². The summed E-state index contributed by atoms with van der Waals surface area (Å²) in [5.74, 6) is 0.784. The molecule has 3 nitrogen and oxygen atoms in total. The molecule has 1 aliphatic rings. The van der Waals surface area contributed by atoms with Crippen molar-refractivity contribution in [2.24, 2.45) is 5.92 Å². The average molecular weight is 261 g/mol. The first-order valence-electron chi connectivity index (χ1n) is 7.31. The third kappa shape index (κ3) is 3.69. The van der Waals surface area contributed by atoms with E-state index in [1.54, 1.807) is 0 Å². The van der Waals surface area contributed by atoms with Crippen molar-refractivity contribution in [1.29, 1.82) is 0 Å². The van der Waals surface area contributed by atoms with Crippen LogP contribution in [0.5, 0.6) is 0 Å². The van der Waals surface area contributed by atoms with Crippen molar-refractivity contribution in [3.8, 4) is 0 Å². The van der Waals surface area contributed by atoms with Crippen LogP contribution in [0.2, 0.25) is 0 Å². The van der Waals surface area contributed by atoms with Crippen LogP contribution in [0.15, 0.2) is 18.5 Å². The lowest BCUT2D eigenvalue weighted by molar-refractivity contribution is 0.424. The average Bonchev–Trinajstić information content (AvgIpc) is 2.65. The molecular formula is C16H27N3. The Morgan fingerprint density at radius 1 is 1.37 bits per heavy atom. The molecule has 106 valence electrons. The number of nitrogens with one attached hydrogen (secondary N) is 1. The summed E-state index contributed by atoms with van der Waals surface area (Å²) < 4.78 is 0. The van der Waals surface area contributed by atoms with Gasteiger partial charge in [0.2, 0.25) is 0 Å². The van der Waals surface area contributed by atoms with Gasteiger partial charge in [-0.2, -0.15) is 0 Å². The third-order valence-corrected chi connectivity index (χ3v) is 3.78. The molecule has 0 amide bonds. The van der Waals surface area contributed by atoms with Crippen LogP contribution in [-0.2, 0) is 6.54 Å². The number of hydrogen-bond acceptors (Lipinski definition) is 3. The van der Waals surface area contributed by atoms with E-state index in [2.05, 4.69) is 55.9 Å². The lowest BCUT2D eigenvalue weighted by Crippen LogP contribution is -2.36. The van der Waals surface area contributed by atoms with Crippen LogP contribution in [0.4, 0.5) is 5.69 Å². The van der Waals surface area contributed by atoms with E-state index in [1.165, 1.54) is 17.7 Å². The molecule has 1 aliphatic heterocycles. The summed E-state index contributed by atoms with van der Waals surface area (Å²) in [6, 6.07) is 2.79. The van der Waals surface area contributed by atoms with Crippen LogP contribution in [-0.4, -0.2) is 23.1 Å². The van der Waals surface area contributed by atoms with E-state index in [1.807, 2.05) is 12.4 Å². The van der Waals surface area contributed by atoms with Gasteiger partial charge >= 0.3 is 0 Å². The molecule has 0 spiro atoms. The van der Waals surface area contributed by atoms with Gasteiger partial charge in [-0.1, -0.05) is 6.92 Å². The second-order valence-electron chi connectivity index (χ2n) is 6.95. The second-order valence-corrected chi connectivity index (χ2v) is 6.95. The fourth-order valence-electron chi connectivity index (χ4n) is 2.83. The minimum absolute atomic E-state index is 0.136. The monoisotopic (exact) mass is 261 g/mol. The first kappa shape index (κ1) is 14.3. The van der Waals surface area contributed by atoms with Crippen LogP contribution >= 0.6 is 0 Å². The number of rotatable bonds is 3. The van der Waals surface area contributed by atoms with Gasteiger partial charge in [-0.05, 0) is 46.1 Å². The zero-order valence-electron chi connectivity index (χ0n) is 12.9. The molecule has 2 atom stereocenters. The highest BCUT2D eigenvalue weighted by atomic mass is 15.2. The van der Waals surface area contributed by atoms with Gasteiger partial charge in [-0.15, -0.1) is 0 Å². The van der Waals surface area contributed by atoms with Gasteiger partial charge in [0.25, 0.3) is 0 Å². The fraction of sp³-hybridized carbons (Fsp3) is 0.688. The number of nitrogens with zero attached hydrogens (tertiary/aromatic N) is 2. The van der Waals surface area contributed by atoms with Crippen molar-refractivity contribution in [2.75, 3.05) is 11.4 Å². The van der Waals surface area contributed by atoms with Crippen molar-refractivity contribution in [3.05, 3.63) is 24.0 Å². The van der Waals surface area contributed by atoms with E-state index in [4.69, 9.17) is 0 Å². The minimum atomic E-state index is 0.136. The zero-order valence-corrected chi connectivity index (χ0v) is 12.9. The topological polar surface area (TPSA) is 28.2 Å². The molecule has 1 N–H and O–H groups in total. The molecule has 0 aliphatic carbocycles. The van der Waals surface area contributed by atoms with Crippen LogP contribution in [0.1, 0.15) is 46.6 Å². The van der Waals surface area contributed by atoms with Crippen LogP contribution in [0, 0.1) is 5.92 Å². The molecule has 0 aromatic carbocycles. The molecule has 1 saturated heterocycles. The quantitative estimate of drug-likeness (QED) is 0.905. The van der Waals surface area contributed by atoms with Crippen molar-refractivity contribution >= 4 is 5.69 Å². The Labute approximate surface area is 117 Å². The van der Waals surface area contributed by atoms with Gasteiger partial charge in [-0.25, -0.2) is 0 Å². The maximum Gasteiger partial charge on any atom is 0.0445 e. The first-order chi connectivity index (χ1) is 8.87. The Morgan fingerprint density at radius 3 is 2.68 bits per heavy atom. The smallest absolute Gasteiger partial charge is 0.0445 e. The number of pyridine rings is 1. The Bertz CT molecular complexity index is 422. The van der Waals surface area contributed by atoms with Crippen molar-refractivity contribution in [2.45, 2.75) is 59.2 Å². The summed E-state index contributed by atoms with van der Waals surface area (Å²) in [7, 11) is 0. The molecule has 0 bridgehead atoms. The number of anilines is 1. The second kappa shape index (κ2) is 5.49. The molecule has 3 heteroatoms. The lowest BCUT2D eigenvalue weighted by atomic mass is 10.1. The van der Waals surface area contributed by atoms with Gasteiger partial charge in [0, 0.05) is 48.3 Å². The summed E-state index contributed by atoms with van der Waals surface area (Å²) >= 11 is 0. The van der Waals surface area contributed by atoms with Crippen LogP contribution in [0.3, 0.4) is 0 Å². The van der Waals surface area contributed by atoms with E-state index >= 15 is 0 Å². The molecular weight excluding hydrogens is 234 g/mol. The summed E-state index contributed by atoms with van der Waals surface area (Å²) in [5, 5.41) is 3.56. The minimum Gasteiger partial charge on any atom is -0.368 e. The Morgan fingerprint density at radius 2 is 2.11 bits per heavy atom. The SMILES string of the molecule is CC1CC(C)N(c2ccncc2CNC(C)(C)C)C1. The van der Waals surface area contributed by atoms with Crippen molar-refractivity contribution in [1.82, 2.24) is 10.3 Å². The molecule has 2 heterocycles. The molecule has 1 aromatic heterocycles. The fourth-order valence-corrected chi connectivity index (χ4v) is 2.83. The first-order valence-corrected chi connectivity index (χ1v) is 7.31. The van der Waals surface area contributed by atoms with Crippen LogP contribution < -0.4 is 10.2 Å². The van der Waals surface area contributed by atoms with Gasteiger partial charge in [0.1, 0.15) is 0 Å². The molecule has 0 radical (unpaired) electrons. The molecule has 0 saturated carbocycles. The maximum atomic E-state index is 4.29. The molecule has 2 rings (SSSR count). The summed E-state index contributed by atoms with van der Waals surface area (Å²) in [5.41, 5.74) is 2.79. The summed E-state index contributed by atoms with van der Waals surface area (Å²) in [4.78, 5) is 6.83. The van der Waals surface area contributed by atoms with Gasteiger partial charge < -0.3 is 10.2 Å². The number of hydrogen-bond donors (Lipinski definition) is 1. The van der Waals surface area contributed by atoms with E-state index < -0.39 is 0 Å². The molecule has 2 unspecified atom stereocenters. The van der Waals surface area contributed by atoms with E-state index in [0.717, 1.165) is 19.0 Å². The molecule has 19 heavy (non-hydrogen) atoms. The predicted molar refractivity (Wildman–Crippen MR) is 81.4 cm³/mol. The third-order valence-electron chi connectivity index (χ3n) is 3.78. The van der Waals surface area contributed by atoms with E-state index in [0.29, 0.717) is 6.04 Å². The van der Waals surface area contributed by atoms with Gasteiger partial charge in [0.15, 0.2) is 0 Å². The zero-order chi connectivity index (χ0) is 14.0. The Balaban J connectivity index is 2.17. The normalized spacial score (nSPS) is 23.9. The van der Waals surface area contributed by atoms with Crippen LogP contribution in [0.25, 0.3) is 0 Å². The predicted octanol–water partition coefficient (Wildman–Crippen LogP) is 3.20. The maximum absolute atomic E-state index is 4.29. The standard InChI is InChI=1S/C16H27N3/c1-12-8-13(2)19(11-12)15-6-7-17-9-14(15)10-18-16(3,4)5/h6-7,9,12-13,18H,8,10-11H2,1-5H3. The van der Waals surface area contributed by atoms with E-state index in [9.17, 15) is 0 Å². The highest BCUT2D eigenvalue weighted by Crippen LogP contribution is 2.30. The Kier molecular flexibility index (Phi) is 4.14. The van der Waals surface area contributed by atoms with Gasteiger partial charge in [0.05, 0.1) is 0 Å². The Hall–Kier alpha value is -1.09. The van der Waals surface area contributed by atoms with E-state index in [-0.39, 0.29) is 5.54 Å². The highest BCUT2D eigenvalue weighted by Gasteiger charge is 2.27. The lowest BCUT2D eigenvalue weighted by Gasteiger charge is -2.28. The molecule has 1 fully saturated rings.